The largest absolute Gasteiger partial charge is 0.492 e. The summed E-state index contributed by atoms with van der Waals surface area (Å²) in [5.74, 6) is 2.09. The van der Waals surface area contributed by atoms with Crippen LogP contribution in [0.4, 0.5) is 5.69 Å². The zero-order chi connectivity index (χ0) is 19.0. The average molecular weight is 365 g/mol. The first-order chi connectivity index (χ1) is 13.0. The molecule has 2 aliphatic heterocycles. The van der Waals surface area contributed by atoms with Crippen LogP contribution < -0.4 is 9.47 Å². The van der Waals surface area contributed by atoms with Crippen molar-refractivity contribution in [2.45, 2.75) is 64.4 Å². The van der Waals surface area contributed by atoms with Gasteiger partial charge >= 0.3 is 0 Å². The van der Waals surface area contributed by atoms with Gasteiger partial charge in [-0.05, 0) is 73.5 Å². The van der Waals surface area contributed by atoms with Crippen LogP contribution in [0.5, 0.6) is 11.5 Å². The molecular weight excluding hydrogens is 338 g/mol. The number of rotatable bonds is 4. The molecule has 0 aliphatic carbocycles. The lowest BCUT2D eigenvalue weighted by Gasteiger charge is -2.35. The Morgan fingerprint density at radius 3 is 2.85 bits per heavy atom. The van der Waals surface area contributed by atoms with E-state index in [-0.39, 0.29) is 11.5 Å². The van der Waals surface area contributed by atoms with Crippen LogP contribution in [-0.4, -0.2) is 12.2 Å². The van der Waals surface area contributed by atoms with E-state index >= 15 is 0 Å². The fourth-order valence-electron chi connectivity index (χ4n) is 4.27. The van der Waals surface area contributed by atoms with Crippen LogP contribution >= 0.6 is 0 Å². The van der Waals surface area contributed by atoms with Crippen LogP contribution in [0.25, 0.3) is 0 Å². The van der Waals surface area contributed by atoms with Crippen molar-refractivity contribution in [1.29, 1.82) is 0 Å². The maximum absolute atomic E-state index is 11.4. The molecule has 2 aliphatic rings. The summed E-state index contributed by atoms with van der Waals surface area (Å²) in [5.41, 5.74) is 4.98. The number of benzene rings is 2. The van der Waals surface area contributed by atoms with Crippen molar-refractivity contribution >= 4 is 5.69 Å². The minimum absolute atomic E-state index is 0.122. The van der Waals surface area contributed by atoms with Gasteiger partial charge in [-0.2, -0.15) is 0 Å². The maximum atomic E-state index is 11.4. The Bertz CT molecular complexity index is 872. The van der Waals surface area contributed by atoms with Gasteiger partial charge in [0.2, 0.25) is 0 Å². The molecule has 0 saturated heterocycles. The number of aryl methyl sites for hydroxylation is 1. The van der Waals surface area contributed by atoms with E-state index in [4.69, 9.17) is 9.47 Å². The van der Waals surface area contributed by atoms with E-state index in [2.05, 4.69) is 50.2 Å². The van der Waals surface area contributed by atoms with Crippen molar-refractivity contribution in [1.82, 2.24) is 0 Å². The summed E-state index contributed by atoms with van der Waals surface area (Å²) in [4.78, 5) is 11.4. The first kappa shape index (κ1) is 18.0. The van der Waals surface area contributed by atoms with Crippen molar-refractivity contribution in [2.24, 2.45) is 5.18 Å². The van der Waals surface area contributed by atoms with Gasteiger partial charge in [0.15, 0.2) is 0 Å². The molecule has 0 bridgehead atoms. The van der Waals surface area contributed by atoms with E-state index in [1.54, 1.807) is 0 Å². The molecule has 27 heavy (non-hydrogen) atoms. The highest BCUT2D eigenvalue weighted by Gasteiger charge is 2.32. The molecule has 0 fully saturated rings. The SMILES string of the molecule is CCCc1ccc([C@H]2COc3c(ccc4c3CCC(C)(C)O4)C2)c(N=O)c1. The molecule has 4 rings (SSSR count). The van der Waals surface area contributed by atoms with Gasteiger partial charge in [-0.3, -0.25) is 0 Å². The highest BCUT2D eigenvalue weighted by atomic mass is 16.5. The fourth-order valence-corrected chi connectivity index (χ4v) is 4.27. The molecule has 2 aromatic carbocycles. The Kier molecular flexibility index (Phi) is 4.67. The minimum Gasteiger partial charge on any atom is -0.492 e. The molecule has 2 heterocycles. The zero-order valence-corrected chi connectivity index (χ0v) is 16.4. The Hall–Kier alpha value is -2.36. The summed E-state index contributed by atoms with van der Waals surface area (Å²) in [6.07, 6.45) is 4.85. The average Bonchev–Trinajstić information content (AvgIpc) is 2.66. The van der Waals surface area contributed by atoms with Crippen LogP contribution in [0, 0.1) is 4.91 Å². The van der Waals surface area contributed by atoms with Crippen molar-refractivity contribution in [3.8, 4) is 11.5 Å². The first-order valence-corrected chi connectivity index (χ1v) is 9.93. The molecule has 0 aromatic heterocycles. The van der Waals surface area contributed by atoms with Gasteiger partial charge in [-0.25, -0.2) is 0 Å². The third-order valence-corrected chi connectivity index (χ3v) is 5.73. The van der Waals surface area contributed by atoms with Crippen LogP contribution in [-0.2, 0) is 19.3 Å². The molecule has 4 nitrogen and oxygen atoms in total. The Balaban J connectivity index is 1.62. The predicted molar refractivity (Wildman–Crippen MR) is 107 cm³/mol. The maximum Gasteiger partial charge on any atom is 0.129 e. The molecule has 1 atom stereocenters. The van der Waals surface area contributed by atoms with Gasteiger partial charge in [-0.15, -0.1) is 4.91 Å². The summed E-state index contributed by atoms with van der Waals surface area (Å²) in [6, 6.07) is 10.3. The second kappa shape index (κ2) is 6.99. The van der Waals surface area contributed by atoms with Gasteiger partial charge in [0.1, 0.15) is 22.8 Å². The molecule has 0 N–H and O–H groups in total. The lowest BCUT2D eigenvalue weighted by Crippen LogP contribution is -2.33. The second-order valence-corrected chi connectivity index (χ2v) is 8.34. The number of hydrogen-bond donors (Lipinski definition) is 0. The van der Waals surface area contributed by atoms with Crippen molar-refractivity contribution < 1.29 is 9.47 Å². The summed E-state index contributed by atoms with van der Waals surface area (Å²) in [5, 5.41) is 3.31. The van der Waals surface area contributed by atoms with Crippen LogP contribution in [0.1, 0.15) is 61.8 Å². The molecule has 2 aromatic rings. The summed E-state index contributed by atoms with van der Waals surface area (Å²) in [7, 11) is 0. The quantitative estimate of drug-likeness (QED) is 0.638. The molecule has 142 valence electrons. The van der Waals surface area contributed by atoms with Crippen LogP contribution in [0.2, 0.25) is 0 Å². The summed E-state index contributed by atoms with van der Waals surface area (Å²) >= 11 is 0. The highest BCUT2D eigenvalue weighted by molar-refractivity contribution is 5.55. The van der Waals surface area contributed by atoms with E-state index in [1.807, 2.05) is 6.07 Å². The van der Waals surface area contributed by atoms with E-state index in [0.29, 0.717) is 12.3 Å². The van der Waals surface area contributed by atoms with Gasteiger partial charge in [-0.1, -0.05) is 31.5 Å². The number of nitrogens with zero attached hydrogens (tertiary/aromatic N) is 1. The summed E-state index contributed by atoms with van der Waals surface area (Å²) < 4.78 is 12.3. The lowest BCUT2D eigenvalue weighted by molar-refractivity contribution is 0.0827. The smallest absolute Gasteiger partial charge is 0.129 e. The molecule has 0 unspecified atom stereocenters. The van der Waals surface area contributed by atoms with Crippen molar-refractivity contribution in [3.05, 3.63) is 57.5 Å². The number of hydrogen-bond acceptors (Lipinski definition) is 4. The van der Waals surface area contributed by atoms with Gasteiger partial charge in [0.25, 0.3) is 0 Å². The first-order valence-electron chi connectivity index (χ1n) is 9.93. The van der Waals surface area contributed by atoms with E-state index in [9.17, 15) is 4.91 Å². The Labute approximate surface area is 160 Å². The van der Waals surface area contributed by atoms with Gasteiger partial charge in [0, 0.05) is 11.5 Å². The van der Waals surface area contributed by atoms with Crippen molar-refractivity contribution in [2.75, 3.05) is 6.61 Å². The summed E-state index contributed by atoms with van der Waals surface area (Å²) in [6.45, 7) is 6.96. The monoisotopic (exact) mass is 365 g/mol. The second-order valence-electron chi connectivity index (χ2n) is 8.34. The normalized spacial score (nSPS) is 20.0. The molecule has 0 saturated carbocycles. The Morgan fingerprint density at radius 1 is 1.22 bits per heavy atom. The topological polar surface area (TPSA) is 47.9 Å². The molecule has 4 heteroatoms. The van der Waals surface area contributed by atoms with Gasteiger partial charge in [0.05, 0.1) is 6.61 Å². The third kappa shape index (κ3) is 3.45. The molecule has 0 amide bonds. The molecule has 0 spiro atoms. The van der Waals surface area contributed by atoms with Crippen molar-refractivity contribution in [3.63, 3.8) is 0 Å². The lowest BCUT2D eigenvalue weighted by atomic mass is 9.85. The molecular formula is C23H27NO3. The minimum atomic E-state index is -0.122. The van der Waals surface area contributed by atoms with E-state index in [0.717, 1.165) is 49.2 Å². The van der Waals surface area contributed by atoms with E-state index < -0.39 is 0 Å². The molecule has 0 radical (unpaired) electrons. The van der Waals surface area contributed by atoms with Gasteiger partial charge < -0.3 is 9.47 Å². The standard InChI is InChI=1S/C23H27NO3/c1-4-5-15-6-8-18(20(12-15)24-25)17-13-16-7-9-21-19(22(16)26-14-17)10-11-23(2,3)27-21/h6-9,12,17H,4-5,10-11,13-14H2,1-3H3/t17-/m1/s1. The zero-order valence-electron chi connectivity index (χ0n) is 16.4. The van der Waals surface area contributed by atoms with E-state index in [1.165, 1.54) is 16.7 Å². The highest BCUT2D eigenvalue weighted by Crippen LogP contribution is 2.44. The number of ether oxygens (including phenoxy) is 2. The number of fused-ring (bicyclic) bond motifs is 3. The predicted octanol–water partition coefficient (Wildman–Crippen LogP) is 5.86. The number of nitroso groups, excluding NO2 is 1. The third-order valence-electron chi connectivity index (χ3n) is 5.73. The fraction of sp³-hybridized carbons (Fsp3) is 0.478. The van der Waals surface area contributed by atoms with Crippen LogP contribution in [0.3, 0.4) is 0 Å². The van der Waals surface area contributed by atoms with Crippen LogP contribution in [0.15, 0.2) is 35.5 Å². The Morgan fingerprint density at radius 2 is 2.07 bits per heavy atom.